The summed E-state index contributed by atoms with van der Waals surface area (Å²) < 4.78 is 10.6. The van der Waals surface area contributed by atoms with Crippen molar-refractivity contribution >= 4 is 68.8 Å². The number of allylic oxidation sites excluding steroid dienone is 2. The van der Waals surface area contributed by atoms with Crippen LogP contribution in [0.5, 0.6) is 17.2 Å². The number of alkyl halides is 3. The average Bonchev–Trinajstić information content (AvgIpc) is 3.22. The van der Waals surface area contributed by atoms with Crippen molar-refractivity contribution in [2.75, 3.05) is 19.7 Å². The molecule has 1 aromatic carbocycles. The third-order valence-electron chi connectivity index (χ3n) is 8.07. The van der Waals surface area contributed by atoms with Crippen LogP contribution in [0.3, 0.4) is 0 Å². The molecule has 14 heteroatoms. The summed E-state index contributed by atoms with van der Waals surface area (Å²) in [6.07, 6.45) is 1.53. The highest BCUT2D eigenvalue weighted by Crippen LogP contribution is 2.66. The highest BCUT2D eigenvalue weighted by molar-refractivity contribution is 9.09. The first-order valence-electron chi connectivity index (χ1n) is 11.5. The molecule has 11 nitrogen and oxygen atoms in total. The second-order valence-electron chi connectivity index (χ2n) is 9.61. The van der Waals surface area contributed by atoms with Crippen LogP contribution in [0, 0.1) is 17.8 Å². The van der Waals surface area contributed by atoms with Crippen molar-refractivity contribution in [2.45, 2.75) is 28.5 Å². The molecule has 0 spiro atoms. The molecular formula is C24H22BrCl2N3O8. The van der Waals surface area contributed by atoms with E-state index in [0.29, 0.717) is 16.0 Å². The molecule has 2 aliphatic heterocycles. The molecule has 6 atom stereocenters. The smallest absolute Gasteiger partial charge is 0.328 e. The number of ether oxygens (including phenoxy) is 2. The van der Waals surface area contributed by atoms with E-state index in [1.165, 1.54) is 26.4 Å². The number of carbonyl (C=O) groups excluding carboxylic acids is 5. The zero-order valence-corrected chi connectivity index (χ0v) is 23.2. The summed E-state index contributed by atoms with van der Waals surface area (Å²) in [6.45, 7) is 0. The number of halogens is 3. The van der Waals surface area contributed by atoms with Crippen LogP contribution in [0.25, 0.3) is 0 Å². The topological polar surface area (TPSA) is 157 Å². The standard InChI is InChI=1S/C24H22BrCl2N3O8/c1-37-13-5-9(6-14(38-2)17(13)31)16-10-3-4-11-15(19(33)30(18(11)32)22(28)36)12(10)7-23(26)20(34)29(8-25)21(35)24(16,23)27/h3,5-6,11-12,15-16,31H,4,7-8H2,1-2H3,(H2,28,36)/t11-,12+,15-,16-,23+,24-/m0/s1. The van der Waals surface area contributed by atoms with Crippen LogP contribution in [-0.2, 0) is 19.2 Å². The second-order valence-corrected chi connectivity index (χ2v) is 11.4. The first kappa shape index (κ1) is 26.8. The number of carbonyl (C=O) groups is 5. The molecule has 0 unspecified atom stereocenters. The van der Waals surface area contributed by atoms with Crippen molar-refractivity contribution in [3.8, 4) is 17.2 Å². The normalized spacial score (nSPS) is 34.1. The maximum atomic E-state index is 13.8. The van der Waals surface area contributed by atoms with Gasteiger partial charge in [-0.25, -0.2) is 4.79 Å². The Bertz CT molecular complexity index is 1330. The van der Waals surface area contributed by atoms with E-state index in [1.54, 1.807) is 6.08 Å². The summed E-state index contributed by atoms with van der Waals surface area (Å²) in [4.78, 5) is 62.8. The molecule has 5 rings (SSSR count). The molecule has 4 aliphatic rings. The molecule has 0 aromatic heterocycles. The van der Waals surface area contributed by atoms with Gasteiger partial charge in [0.05, 0.1) is 31.5 Å². The third kappa shape index (κ3) is 3.16. The molecule has 2 saturated heterocycles. The number of nitrogens with zero attached hydrogens (tertiary/aromatic N) is 2. The number of fused-ring (bicyclic) bond motifs is 4. The number of primary amides is 1. The van der Waals surface area contributed by atoms with Crippen molar-refractivity contribution in [3.05, 3.63) is 29.3 Å². The number of benzene rings is 1. The fraction of sp³-hybridized carbons (Fsp3) is 0.458. The van der Waals surface area contributed by atoms with Crippen LogP contribution >= 0.6 is 39.1 Å². The number of likely N-dealkylation sites (tertiary alicyclic amines) is 2. The molecule has 38 heavy (non-hydrogen) atoms. The van der Waals surface area contributed by atoms with E-state index in [-0.39, 0.29) is 35.5 Å². The van der Waals surface area contributed by atoms with Gasteiger partial charge in [0.1, 0.15) is 0 Å². The van der Waals surface area contributed by atoms with Crippen LogP contribution in [0.15, 0.2) is 23.8 Å². The minimum absolute atomic E-state index is 0.0114. The van der Waals surface area contributed by atoms with E-state index >= 15 is 0 Å². The summed E-state index contributed by atoms with van der Waals surface area (Å²) >= 11 is 17.4. The number of methoxy groups -OCH3 is 2. The number of urea groups is 1. The molecule has 3 N–H and O–H groups in total. The van der Waals surface area contributed by atoms with Gasteiger partial charge in [0.2, 0.25) is 17.6 Å². The zero-order valence-electron chi connectivity index (χ0n) is 20.1. The largest absolute Gasteiger partial charge is 0.502 e. The zero-order chi connectivity index (χ0) is 27.9. The van der Waals surface area contributed by atoms with Crippen LogP contribution in [0.1, 0.15) is 24.3 Å². The van der Waals surface area contributed by atoms with Gasteiger partial charge in [-0.05, 0) is 36.5 Å². The molecule has 0 radical (unpaired) electrons. The van der Waals surface area contributed by atoms with Gasteiger partial charge in [-0.15, -0.1) is 23.2 Å². The Morgan fingerprint density at radius 2 is 1.71 bits per heavy atom. The van der Waals surface area contributed by atoms with E-state index in [9.17, 15) is 29.1 Å². The SMILES string of the molecule is COc1cc([C@H]2C3=CC[C@@H]4C(=O)N(C(N)=O)C(=O)[C@@H]4[C@@H]3C[C@@]3(Cl)C(=O)N(CBr)C(=O)[C@@]23Cl)cc(OC)c1O. The Labute approximate surface area is 234 Å². The molecule has 202 valence electrons. The molecule has 1 aromatic rings. The van der Waals surface area contributed by atoms with E-state index in [1.807, 2.05) is 0 Å². The highest BCUT2D eigenvalue weighted by atomic mass is 79.9. The first-order valence-corrected chi connectivity index (χ1v) is 13.4. The maximum absolute atomic E-state index is 13.8. The first-order chi connectivity index (χ1) is 17.9. The molecule has 1 saturated carbocycles. The lowest BCUT2D eigenvalue weighted by molar-refractivity contribution is -0.139. The number of phenolic OH excluding ortho intramolecular Hbond substituents is 1. The number of rotatable bonds is 4. The average molecular weight is 631 g/mol. The summed E-state index contributed by atoms with van der Waals surface area (Å²) in [5.74, 6) is -7.17. The molecule has 2 aliphatic carbocycles. The number of hydrogen-bond acceptors (Lipinski definition) is 8. The van der Waals surface area contributed by atoms with Crippen LogP contribution in [0.4, 0.5) is 4.79 Å². The highest BCUT2D eigenvalue weighted by Gasteiger charge is 2.76. The van der Waals surface area contributed by atoms with Crippen molar-refractivity contribution < 1.29 is 38.6 Å². The van der Waals surface area contributed by atoms with Crippen molar-refractivity contribution in [2.24, 2.45) is 23.5 Å². The number of amides is 6. The second kappa shape index (κ2) is 8.85. The Balaban J connectivity index is 1.77. The number of phenols is 1. The Morgan fingerprint density at radius 3 is 2.24 bits per heavy atom. The quantitative estimate of drug-likeness (QED) is 0.222. The Kier molecular flexibility index (Phi) is 6.23. The predicted molar refractivity (Wildman–Crippen MR) is 136 cm³/mol. The third-order valence-corrected chi connectivity index (χ3v) is 9.99. The minimum Gasteiger partial charge on any atom is -0.502 e. The van der Waals surface area contributed by atoms with Gasteiger partial charge in [0, 0.05) is 5.92 Å². The fourth-order valence-electron chi connectivity index (χ4n) is 6.42. The maximum Gasteiger partial charge on any atom is 0.328 e. The van der Waals surface area contributed by atoms with Gasteiger partial charge in [-0.1, -0.05) is 27.6 Å². The lowest BCUT2D eigenvalue weighted by atomic mass is 9.56. The summed E-state index contributed by atoms with van der Waals surface area (Å²) in [6, 6.07) is 1.71. The number of aromatic hydroxyl groups is 1. The predicted octanol–water partition coefficient (Wildman–Crippen LogP) is 2.20. The van der Waals surface area contributed by atoms with Gasteiger partial charge in [0.15, 0.2) is 21.2 Å². The minimum atomic E-state index is -2.05. The van der Waals surface area contributed by atoms with E-state index in [2.05, 4.69) is 15.9 Å². The van der Waals surface area contributed by atoms with Crippen molar-refractivity contribution in [1.82, 2.24) is 9.80 Å². The van der Waals surface area contributed by atoms with Crippen LogP contribution in [-0.4, -0.2) is 74.0 Å². The van der Waals surface area contributed by atoms with Gasteiger partial charge in [0.25, 0.3) is 11.8 Å². The summed E-state index contributed by atoms with van der Waals surface area (Å²) in [5.41, 5.74) is 5.97. The van der Waals surface area contributed by atoms with E-state index < -0.39 is 63.1 Å². The number of nitrogens with two attached hydrogens (primary N) is 1. The summed E-state index contributed by atoms with van der Waals surface area (Å²) in [7, 11) is 2.65. The fourth-order valence-corrected chi connectivity index (χ4v) is 7.85. The van der Waals surface area contributed by atoms with Crippen molar-refractivity contribution in [1.29, 1.82) is 0 Å². The molecule has 0 bridgehead atoms. The lowest BCUT2D eigenvalue weighted by Gasteiger charge is -2.50. The van der Waals surface area contributed by atoms with Gasteiger partial charge < -0.3 is 20.3 Å². The summed E-state index contributed by atoms with van der Waals surface area (Å²) in [5, 5.41) is 10.5. The molecule has 6 amide bonds. The van der Waals surface area contributed by atoms with Gasteiger partial charge in [-0.3, -0.25) is 24.1 Å². The lowest BCUT2D eigenvalue weighted by Crippen LogP contribution is -2.60. The molecule has 2 heterocycles. The number of hydrogen-bond donors (Lipinski definition) is 2. The van der Waals surface area contributed by atoms with Gasteiger partial charge in [-0.2, -0.15) is 4.90 Å². The Morgan fingerprint density at radius 1 is 1.11 bits per heavy atom. The van der Waals surface area contributed by atoms with Gasteiger partial charge >= 0.3 is 6.03 Å². The molecular weight excluding hydrogens is 609 g/mol. The number of imide groups is 4. The van der Waals surface area contributed by atoms with E-state index in [0.717, 1.165) is 4.90 Å². The van der Waals surface area contributed by atoms with Crippen molar-refractivity contribution in [3.63, 3.8) is 0 Å². The Hall–Kier alpha value is -2.83. The van der Waals surface area contributed by atoms with E-state index in [4.69, 9.17) is 38.4 Å². The van der Waals surface area contributed by atoms with Crippen LogP contribution in [0.2, 0.25) is 0 Å². The van der Waals surface area contributed by atoms with Crippen LogP contribution < -0.4 is 15.2 Å². The molecule has 3 fully saturated rings. The monoisotopic (exact) mass is 629 g/mol.